The lowest BCUT2D eigenvalue weighted by Gasteiger charge is -2.31. The van der Waals surface area contributed by atoms with Crippen LogP contribution in [-0.4, -0.2) is 19.1 Å². The van der Waals surface area contributed by atoms with Crippen molar-refractivity contribution in [1.29, 1.82) is 0 Å². The van der Waals surface area contributed by atoms with E-state index in [4.69, 9.17) is 9.97 Å². The molecule has 6 aliphatic rings. The van der Waals surface area contributed by atoms with E-state index in [-0.39, 0.29) is 22.2 Å². The lowest BCUT2D eigenvalue weighted by atomic mass is 9.70. The van der Waals surface area contributed by atoms with Gasteiger partial charge in [0.1, 0.15) is 0 Å². The first kappa shape index (κ1) is 68.7. The van der Waals surface area contributed by atoms with Gasteiger partial charge in [0.25, 0.3) is 0 Å². The van der Waals surface area contributed by atoms with E-state index in [1.165, 1.54) is 194 Å². The Kier molecular flexibility index (Phi) is 14.0. The van der Waals surface area contributed by atoms with Crippen LogP contribution in [0.1, 0.15) is 120 Å². The minimum Gasteiger partial charge on any atom is -0.309 e. The molecule has 0 fully saturated rings. The molecule has 0 saturated carbocycles. The average molecular weight is 1540 g/mol. The predicted molar refractivity (Wildman–Crippen MR) is 501 cm³/mol. The second kappa shape index (κ2) is 24.7. The molecule has 1 spiro atoms. The Balaban J connectivity index is 0.634. The lowest BCUT2D eigenvalue weighted by molar-refractivity contribution is 0.660. The van der Waals surface area contributed by atoms with Crippen LogP contribution in [0.25, 0.3) is 178 Å². The minimum atomic E-state index is -0.702. The Bertz CT molecular complexity index is 7980. The molecule has 3 aromatic heterocycles. The van der Waals surface area contributed by atoms with Gasteiger partial charge in [-0.1, -0.05) is 308 Å². The topological polar surface area (TPSA) is 35.6 Å². The van der Waals surface area contributed by atoms with E-state index < -0.39 is 5.41 Å². The number of para-hydroxylation sites is 2. The SMILES string of the molecule is CC1(C)c2ccccc2-c2cc(-c3ccc4c(c3)-c3ccccc3C(Cc3ccc5nc(-n6c7ccccc7c7cc(-c8ccc9c(c8)-c8ccccc8C9(C)C)ccc76)nc(-c6ccc7c(c6)C6(c8ccccc8-c8ccccc86)c6cc(-n8c9ccccc9c9cc(-c%10ccc%11c(c%10)-c%10ccccc%10C%11(C)C)ccc98)ccc6-7)c5c3)C4)ccc21. The number of hydrogen-bond acceptors (Lipinski definition) is 2. The molecule has 0 saturated heterocycles. The summed E-state index contributed by atoms with van der Waals surface area (Å²) in [5.41, 5.74) is 47.9. The Labute approximate surface area is 704 Å². The van der Waals surface area contributed by atoms with E-state index in [0.29, 0.717) is 5.95 Å². The second-order valence-electron chi connectivity index (χ2n) is 36.6. The van der Waals surface area contributed by atoms with Crippen LogP contribution in [0.2, 0.25) is 0 Å². The monoisotopic (exact) mass is 1540 g/mol. The van der Waals surface area contributed by atoms with E-state index in [0.717, 1.165) is 62.5 Å². The maximum atomic E-state index is 6.08. The summed E-state index contributed by atoms with van der Waals surface area (Å²) in [6.45, 7) is 14.2. The lowest BCUT2D eigenvalue weighted by Crippen LogP contribution is -2.26. The van der Waals surface area contributed by atoms with Crippen molar-refractivity contribution in [2.45, 2.75) is 82.0 Å². The van der Waals surface area contributed by atoms with Gasteiger partial charge in [-0.15, -0.1) is 0 Å². The van der Waals surface area contributed by atoms with Crippen LogP contribution in [0, 0.1) is 0 Å². The Hall–Kier alpha value is -14.3. The second-order valence-corrected chi connectivity index (χ2v) is 36.6. The summed E-state index contributed by atoms with van der Waals surface area (Å²) in [5.74, 6) is 0.862. The highest BCUT2D eigenvalue weighted by Crippen LogP contribution is 2.64. The van der Waals surface area contributed by atoms with Gasteiger partial charge in [-0.25, -0.2) is 9.97 Å². The first-order valence-electron chi connectivity index (χ1n) is 43.1. The molecule has 17 aromatic carbocycles. The number of fused-ring (bicyclic) bond motifs is 29. The van der Waals surface area contributed by atoms with E-state index >= 15 is 0 Å². The molecule has 0 N–H and O–H groups in total. The molecular formula is C117H82N4. The molecule has 0 radical (unpaired) electrons. The summed E-state index contributed by atoms with van der Waals surface area (Å²) in [4.78, 5) is 11.9. The molecule has 4 heteroatoms. The maximum absolute atomic E-state index is 6.08. The first-order chi connectivity index (χ1) is 59.2. The van der Waals surface area contributed by atoms with Gasteiger partial charge < -0.3 is 4.57 Å². The number of hydrogen-bond donors (Lipinski definition) is 0. The zero-order valence-electron chi connectivity index (χ0n) is 68.3. The van der Waals surface area contributed by atoms with Crippen LogP contribution in [0.5, 0.6) is 0 Å². The van der Waals surface area contributed by atoms with Gasteiger partial charge in [0.2, 0.25) is 5.95 Å². The Morgan fingerprint density at radius 2 is 0.661 bits per heavy atom. The van der Waals surface area contributed by atoms with E-state index in [1.54, 1.807) is 0 Å². The summed E-state index contributed by atoms with van der Waals surface area (Å²) >= 11 is 0. The van der Waals surface area contributed by atoms with Crippen LogP contribution < -0.4 is 0 Å². The van der Waals surface area contributed by atoms with Crippen LogP contribution in [0.4, 0.5) is 0 Å². The van der Waals surface area contributed by atoms with E-state index in [1.807, 2.05) is 0 Å². The molecule has 570 valence electrons. The van der Waals surface area contributed by atoms with Crippen LogP contribution in [0.15, 0.2) is 358 Å². The smallest absolute Gasteiger partial charge is 0.235 e. The van der Waals surface area contributed by atoms with Gasteiger partial charge in [-0.2, -0.15) is 0 Å². The van der Waals surface area contributed by atoms with Gasteiger partial charge in [-0.05, 0) is 282 Å². The van der Waals surface area contributed by atoms with Crippen molar-refractivity contribution in [3.63, 3.8) is 0 Å². The third kappa shape index (κ3) is 9.45. The molecule has 3 heterocycles. The molecule has 0 aliphatic heterocycles. The van der Waals surface area contributed by atoms with Crippen LogP contribution in [0.3, 0.4) is 0 Å². The molecule has 6 aliphatic carbocycles. The van der Waals surface area contributed by atoms with Crippen molar-refractivity contribution >= 4 is 54.5 Å². The molecule has 26 rings (SSSR count). The largest absolute Gasteiger partial charge is 0.309 e. The van der Waals surface area contributed by atoms with Gasteiger partial charge in [0.15, 0.2) is 0 Å². The molecule has 4 nitrogen and oxygen atoms in total. The van der Waals surface area contributed by atoms with Crippen molar-refractivity contribution in [3.8, 4) is 123 Å². The van der Waals surface area contributed by atoms with E-state index in [9.17, 15) is 0 Å². The molecule has 0 amide bonds. The summed E-state index contributed by atoms with van der Waals surface area (Å²) in [6.07, 6.45) is 1.76. The number of aromatic nitrogens is 4. The first-order valence-corrected chi connectivity index (χ1v) is 43.1. The number of rotatable bonds is 8. The fraction of sp³-hybridized carbons (Fsp3) is 0.111. The normalized spacial score (nSPS) is 15.5. The van der Waals surface area contributed by atoms with Crippen molar-refractivity contribution in [2.24, 2.45) is 0 Å². The third-order valence-corrected chi connectivity index (χ3v) is 29.4. The average Bonchev–Trinajstić information content (AvgIpc) is 1.50. The summed E-state index contributed by atoms with van der Waals surface area (Å²) < 4.78 is 4.85. The van der Waals surface area contributed by atoms with Crippen molar-refractivity contribution < 1.29 is 0 Å². The highest BCUT2D eigenvalue weighted by Gasteiger charge is 2.52. The highest BCUT2D eigenvalue weighted by molar-refractivity contribution is 6.13. The van der Waals surface area contributed by atoms with Crippen molar-refractivity contribution in [3.05, 3.63) is 430 Å². The van der Waals surface area contributed by atoms with Gasteiger partial charge in [0, 0.05) is 54.4 Å². The van der Waals surface area contributed by atoms with Crippen LogP contribution >= 0.6 is 0 Å². The zero-order chi connectivity index (χ0) is 80.3. The summed E-state index contributed by atoms with van der Waals surface area (Å²) in [5, 5.41) is 5.80. The Morgan fingerprint density at radius 1 is 0.264 bits per heavy atom. The van der Waals surface area contributed by atoms with Gasteiger partial charge in [-0.3, -0.25) is 4.57 Å². The third-order valence-electron chi connectivity index (χ3n) is 29.4. The fourth-order valence-electron chi connectivity index (χ4n) is 23.6. The van der Waals surface area contributed by atoms with Crippen molar-refractivity contribution in [2.75, 3.05) is 0 Å². The number of nitrogens with zero attached hydrogens (tertiary/aromatic N) is 4. The molecule has 0 bridgehead atoms. The zero-order valence-corrected chi connectivity index (χ0v) is 68.3. The molecule has 1 unspecified atom stereocenters. The standard InChI is InChI=1S/C117H82N4/c1-114(2)97-32-16-9-27-83(97)91-61-70(43-51-100(91)114)69-40-41-75-59-77(79-23-7-8-24-80(79)90(75)60-69)57-68-39-54-107-96(58-68)112(119-113(118-107)121-109-38-22-15-31-89(109)95-65-74(47-56-111(95)121)72-45-53-102-93(63-72)85-29-11-18-34-99(85)116(102,5)6)76-42-49-86-87-50-48-78(67-106(87)117(105(86)66-76)103-35-19-12-25-81(103)82-26-13-20-36-104(82)117)120-108-37-21-14-30-88(108)94-64-73(46-55-110(94)120)71-44-52-101-92(62-71)84-28-10-17-33-98(84)115(101,3)4/h7-56,58,60-67,77H,57,59H2,1-6H3. The Morgan fingerprint density at radius 3 is 1.21 bits per heavy atom. The predicted octanol–water partition coefficient (Wildman–Crippen LogP) is 29.3. The molecule has 1 atom stereocenters. The van der Waals surface area contributed by atoms with Crippen LogP contribution in [-0.2, 0) is 34.5 Å². The van der Waals surface area contributed by atoms with Crippen molar-refractivity contribution in [1.82, 2.24) is 19.1 Å². The minimum absolute atomic E-state index is 0.0460. The molecule has 121 heavy (non-hydrogen) atoms. The maximum Gasteiger partial charge on any atom is 0.235 e. The quantitative estimate of drug-likeness (QED) is 0.152. The number of benzene rings is 17. The summed E-state index contributed by atoms with van der Waals surface area (Å²) in [6, 6.07) is 137. The fourth-order valence-corrected chi connectivity index (χ4v) is 23.6. The highest BCUT2D eigenvalue weighted by atomic mass is 15.2. The summed E-state index contributed by atoms with van der Waals surface area (Å²) in [7, 11) is 0. The molecular weight excluding hydrogens is 1460 g/mol. The van der Waals surface area contributed by atoms with Gasteiger partial charge in [0.05, 0.1) is 38.7 Å². The van der Waals surface area contributed by atoms with E-state index in [2.05, 4.69) is 409 Å². The van der Waals surface area contributed by atoms with Gasteiger partial charge >= 0.3 is 0 Å². The molecule has 20 aromatic rings.